The summed E-state index contributed by atoms with van der Waals surface area (Å²) in [6.07, 6.45) is 7.34. The standard InChI is InChI=1S/C16H12N4S/c1-3-12(11-4-2-6-19-13(11)5-1)16(14-7-17-9-20-14)15-8-18-10-21-15/h1-10,16H,(H,17,20). The van der Waals surface area contributed by atoms with E-state index in [2.05, 4.69) is 38.1 Å². The van der Waals surface area contributed by atoms with Gasteiger partial charge in [0.2, 0.25) is 0 Å². The zero-order chi connectivity index (χ0) is 14.1. The van der Waals surface area contributed by atoms with Crippen LogP contribution >= 0.6 is 11.3 Å². The minimum Gasteiger partial charge on any atom is -0.348 e. The number of H-pyrrole nitrogens is 1. The molecule has 0 aliphatic rings. The van der Waals surface area contributed by atoms with Gasteiger partial charge in [0.05, 0.1) is 23.3 Å². The second kappa shape index (κ2) is 5.10. The van der Waals surface area contributed by atoms with Crippen molar-refractivity contribution in [2.75, 3.05) is 0 Å². The highest BCUT2D eigenvalue weighted by molar-refractivity contribution is 7.09. The normalized spacial score (nSPS) is 12.6. The molecule has 21 heavy (non-hydrogen) atoms. The fraction of sp³-hybridized carbons (Fsp3) is 0.0625. The van der Waals surface area contributed by atoms with Gasteiger partial charge in [0.15, 0.2) is 0 Å². The Kier molecular flexibility index (Phi) is 2.97. The van der Waals surface area contributed by atoms with E-state index in [1.807, 2.05) is 36.2 Å². The van der Waals surface area contributed by atoms with Crippen LogP contribution in [-0.2, 0) is 0 Å². The van der Waals surface area contributed by atoms with Crippen molar-refractivity contribution in [1.82, 2.24) is 19.9 Å². The summed E-state index contributed by atoms with van der Waals surface area (Å²) >= 11 is 1.65. The summed E-state index contributed by atoms with van der Waals surface area (Å²) in [6.45, 7) is 0. The average molecular weight is 292 g/mol. The van der Waals surface area contributed by atoms with Gasteiger partial charge in [-0.2, -0.15) is 0 Å². The van der Waals surface area contributed by atoms with Gasteiger partial charge in [0.1, 0.15) is 0 Å². The van der Waals surface area contributed by atoms with Crippen molar-refractivity contribution in [1.29, 1.82) is 0 Å². The van der Waals surface area contributed by atoms with Crippen molar-refractivity contribution in [3.05, 3.63) is 76.9 Å². The van der Waals surface area contributed by atoms with Crippen LogP contribution in [0.2, 0.25) is 0 Å². The second-order valence-corrected chi connectivity index (χ2v) is 5.68. The lowest BCUT2D eigenvalue weighted by atomic mass is 9.91. The third-order valence-electron chi connectivity index (χ3n) is 3.56. The summed E-state index contributed by atoms with van der Waals surface area (Å²) in [6, 6.07) is 10.3. The van der Waals surface area contributed by atoms with E-state index in [0.717, 1.165) is 16.6 Å². The molecule has 0 saturated heterocycles. The van der Waals surface area contributed by atoms with Crippen LogP contribution in [0.25, 0.3) is 10.9 Å². The summed E-state index contributed by atoms with van der Waals surface area (Å²) in [4.78, 5) is 17.3. The lowest BCUT2D eigenvalue weighted by Gasteiger charge is -2.16. The van der Waals surface area contributed by atoms with Crippen molar-refractivity contribution in [3.8, 4) is 0 Å². The number of nitrogens with zero attached hydrogens (tertiary/aromatic N) is 3. The number of rotatable bonds is 3. The fourth-order valence-electron chi connectivity index (χ4n) is 2.65. The molecule has 0 bridgehead atoms. The average Bonchev–Trinajstić information content (AvgIpc) is 3.22. The third kappa shape index (κ3) is 2.11. The molecule has 5 heteroatoms. The molecule has 0 fully saturated rings. The maximum Gasteiger partial charge on any atom is 0.0922 e. The smallest absolute Gasteiger partial charge is 0.0922 e. The van der Waals surface area contributed by atoms with Gasteiger partial charge in [0, 0.05) is 34.5 Å². The zero-order valence-corrected chi connectivity index (χ0v) is 11.9. The van der Waals surface area contributed by atoms with E-state index in [9.17, 15) is 0 Å². The Morgan fingerprint density at radius 3 is 2.86 bits per heavy atom. The van der Waals surface area contributed by atoms with Crippen molar-refractivity contribution in [3.63, 3.8) is 0 Å². The van der Waals surface area contributed by atoms with Crippen LogP contribution in [-0.4, -0.2) is 19.9 Å². The molecule has 1 atom stereocenters. The summed E-state index contributed by atoms with van der Waals surface area (Å²) < 4.78 is 0. The van der Waals surface area contributed by atoms with Crippen LogP contribution in [0, 0.1) is 0 Å². The largest absolute Gasteiger partial charge is 0.348 e. The van der Waals surface area contributed by atoms with Crippen LogP contribution in [0.3, 0.4) is 0 Å². The van der Waals surface area contributed by atoms with Crippen molar-refractivity contribution in [2.24, 2.45) is 0 Å². The van der Waals surface area contributed by atoms with E-state index in [1.165, 1.54) is 10.4 Å². The Bertz CT molecular complexity index is 814. The highest BCUT2D eigenvalue weighted by Crippen LogP contribution is 2.36. The molecule has 4 nitrogen and oxygen atoms in total. The number of hydrogen-bond donors (Lipinski definition) is 1. The third-order valence-corrected chi connectivity index (χ3v) is 4.40. The lowest BCUT2D eigenvalue weighted by molar-refractivity contribution is 0.960. The molecule has 4 aromatic rings. The summed E-state index contributed by atoms with van der Waals surface area (Å²) in [7, 11) is 0. The lowest BCUT2D eigenvalue weighted by Crippen LogP contribution is -2.03. The Balaban J connectivity index is 1.98. The molecule has 1 unspecified atom stereocenters. The fourth-order valence-corrected chi connectivity index (χ4v) is 3.40. The number of imidazole rings is 1. The maximum atomic E-state index is 4.45. The molecule has 0 aliphatic heterocycles. The first kappa shape index (κ1) is 12.2. The molecule has 1 N–H and O–H groups in total. The molecular formula is C16H12N4S. The van der Waals surface area contributed by atoms with Crippen LogP contribution in [0.15, 0.2) is 60.8 Å². The van der Waals surface area contributed by atoms with Gasteiger partial charge in [-0.3, -0.25) is 9.97 Å². The van der Waals surface area contributed by atoms with Gasteiger partial charge in [-0.05, 0) is 17.7 Å². The van der Waals surface area contributed by atoms with Crippen LogP contribution in [0.4, 0.5) is 0 Å². The number of fused-ring (bicyclic) bond motifs is 1. The predicted octanol–water partition coefficient (Wildman–Crippen LogP) is 3.59. The van der Waals surface area contributed by atoms with Gasteiger partial charge >= 0.3 is 0 Å². The number of nitrogens with one attached hydrogen (secondary N) is 1. The molecule has 102 valence electrons. The van der Waals surface area contributed by atoms with E-state index >= 15 is 0 Å². The van der Waals surface area contributed by atoms with Crippen molar-refractivity contribution < 1.29 is 0 Å². The predicted molar refractivity (Wildman–Crippen MR) is 83.4 cm³/mol. The van der Waals surface area contributed by atoms with Crippen molar-refractivity contribution in [2.45, 2.75) is 5.92 Å². The monoisotopic (exact) mass is 292 g/mol. The van der Waals surface area contributed by atoms with E-state index in [1.54, 1.807) is 17.7 Å². The SMILES string of the molecule is c1cc(C(c2cnc[nH]2)c2cncs2)c2cccnc2c1. The maximum absolute atomic E-state index is 4.45. The molecule has 0 amide bonds. The molecule has 4 rings (SSSR count). The summed E-state index contributed by atoms with van der Waals surface area (Å²) in [5.41, 5.74) is 5.15. The first-order valence-electron chi connectivity index (χ1n) is 6.64. The first-order valence-corrected chi connectivity index (χ1v) is 7.52. The Labute approximate surface area is 125 Å². The highest BCUT2D eigenvalue weighted by atomic mass is 32.1. The first-order chi connectivity index (χ1) is 10.4. The summed E-state index contributed by atoms with van der Waals surface area (Å²) in [5.74, 6) is 0.105. The highest BCUT2D eigenvalue weighted by Gasteiger charge is 2.21. The van der Waals surface area contributed by atoms with E-state index in [4.69, 9.17) is 0 Å². The number of thiazole rings is 1. The van der Waals surface area contributed by atoms with Crippen LogP contribution in [0.1, 0.15) is 22.1 Å². The Morgan fingerprint density at radius 2 is 2.05 bits per heavy atom. The van der Waals surface area contributed by atoms with E-state index in [0.29, 0.717) is 0 Å². The molecule has 0 radical (unpaired) electrons. The molecule has 3 aromatic heterocycles. The minimum absolute atomic E-state index is 0.105. The molecular weight excluding hydrogens is 280 g/mol. The van der Waals surface area contributed by atoms with Gasteiger partial charge in [-0.25, -0.2) is 4.98 Å². The number of hydrogen-bond acceptors (Lipinski definition) is 4. The molecule has 0 saturated carbocycles. The van der Waals surface area contributed by atoms with Gasteiger partial charge in [-0.15, -0.1) is 11.3 Å². The van der Waals surface area contributed by atoms with Gasteiger partial charge in [0.25, 0.3) is 0 Å². The number of aromatic amines is 1. The molecule has 3 heterocycles. The van der Waals surface area contributed by atoms with Crippen molar-refractivity contribution >= 4 is 22.2 Å². The van der Waals surface area contributed by atoms with E-state index in [-0.39, 0.29) is 5.92 Å². The zero-order valence-electron chi connectivity index (χ0n) is 11.1. The quantitative estimate of drug-likeness (QED) is 0.627. The minimum atomic E-state index is 0.105. The van der Waals surface area contributed by atoms with Gasteiger partial charge < -0.3 is 4.98 Å². The second-order valence-electron chi connectivity index (χ2n) is 4.76. The number of aromatic nitrogens is 4. The van der Waals surface area contributed by atoms with Crippen LogP contribution in [0.5, 0.6) is 0 Å². The molecule has 0 aliphatic carbocycles. The topological polar surface area (TPSA) is 54.5 Å². The summed E-state index contributed by atoms with van der Waals surface area (Å²) in [5, 5.41) is 1.16. The Hall–Kier alpha value is -2.53. The van der Waals surface area contributed by atoms with Gasteiger partial charge in [-0.1, -0.05) is 18.2 Å². The number of pyridine rings is 1. The van der Waals surface area contributed by atoms with E-state index < -0.39 is 0 Å². The Morgan fingerprint density at radius 1 is 1.05 bits per heavy atom. The number of benzene rings is 1. The molecule has 1 aromatic carbocycles. The van der Waals surface area contributed by atoms with Crippen LogP contribution < -0.4 is 0 Å². The molecule has 0 spiro atoms.